The molecule has 0 spiro atoms. The zero-order valence-electron chi connectivity index (χ0n) is 22.2. The summed E-state index contributed by atoms with van der Waals surface area (Å²) in [5, 5.41) is 3.32. The third kappa shape index (κ3) is 7.97. The second-order valence-corrected chi connectivity index (χ2v) is 12.0. The lowest BCUT2D eigenvalue weighted by Gasteiger charge is -2.32. The molecule has 0 heterocycles. The number of sulfonamides is 1. The largest absolute Gasteiger partial charge is 0.354 e. The van der Waals surface area contributed by atoms with Crippen molar-refractivity contribution in [2.75, 3.05) is 17.4 Å². The summed E-state index contributed by atoms with van der Waals surface area (Å²) in [5.41, 5.74) is 1.94. The number of hydrogen-bond donors (Lipinski definition) is 1. The standard InChI is InChI=1S/C29H33Cl2N3O4S/c1-4-5-15-32-29(36)22(3)33(19-23-12-10-9-11-21(23)2)28(35)20-34(26-17-24(30)16-25(31)18-26)39(37,38)27-13-7-6-8-14-27/h6-14,16-18,22H,4-5,15,19-20H2,1-3H3,(H,32,36)/t22-/m1/s1. The molecule has 10 heteroatoms. The number of halogens is 2. The van der Waals surface area contributed by atoms with Crippen LogP contribution in [0.3, 0.4) is 0 Å². The Balaban J connectivity index is 2.03. The fraction of sp³-hybridized carbons (Fsp3) is 0.310. The Morgan fingerprint density at radius 2 is 1.56 bits per heavy atom. The molecule has 7 nitrogen and oxygen atoms in total. The lowest BCUT2D eigenvalue weighted by molar-refractivity contribution is -0.139. The summed E-state index contributed by atoms with van der Waals surface area (Å²) in [6, 6.07) is 18.9. The summed E-state index contributed by atoms with van der Waals surface area (Å²) in [4.78, 5) is 28.4. The van der Waals surface area contributed by atoms with Crippen molar-refractivity contribution in [2.45, 2.75) is 51.1 Å². The lowest BCUT2D eigenvalue weighted by atomic mass is 10.1. The van der Waals surface area contributed by atoms with Crippen molar-refractivity contribution in [1.29, 1.82) is 0 Å². The Bertz CT molecular complexity index is 1380. The first kappa shape index (κ1) is 30.5. The number of rotatable bonds is 12. The first-order chi connectivity index (χ1) is 18.5. The fourth-order valence-corrected chi connectivity index (χ4v) is 5.95. The van der Waals surface area contributed by atoms with Crippen molar-refractivity contribution in [3.63, 3.8) is 0 Å². The smallest absolute Gasteiger partial charge is 0.264 e. The highest BCUT2D eigenvalue weighted by Crippen LogP contribution is 2.30. The third-order valence-electron chi connectivity index (χ3n) is 6.34. The van der Waals surface area contributed by atoms with Gasteiger partial charge in [-0.25, -0.2) is 8.42 Å². The van der Waals surface area contributed by atoms with E-state index in [9.17, 15) is 18.0 Å². The second-order valence-electron chi connectivity index (χ2n) is 9.22. The van der Waals surface area contributed by atoms with E-state index in [1.54, 1.807) is 25.1 Å². The van der Waals surface area contributed by atoms with Gasteiger partial charge in [-0.3, -0.25) is 13.9 Å². The molecule has 2 amide bonds. The highest BCUT2D eigenvalue weighted by molar-refractivity contribution is 7.92. The van der Waals surface area contributed by atoms with E-state index in [1.807, 2.05) is 38.1 Å². The average molecular weight is 591 g/mol. The minimum atomic E-state index is -4.19. The minimum Gasteiger partial charge on any atom is -0.354 e. The summed E-state index contributed by atoms with van der Waals surface area (Å²) in [6.07, 6.45) is 1.72. The van der Waals surface area contributed by atoms with E-state index in [0.29, 0.717) is 6.54 Å². The van der Waals surface area contributed by atoms with Crippen molar-refractivity contribution < 1.29 is 18.0 Å². The molecule has 0 unspecified atom stereocenters. The van der Waals surface area contributed by atoms with E-state index >= 15 is 0 Å². The maximum atomic E-state index is 13.9. The number of anilines is 1. The molecular formula is C29H33Cl2N3O4S. The molecule has 3 rings (SSSR count). The molecule has 0 aliphatic heterocycles. The zero-order valence-corrected chi connectivity index (χ0v) is 24.6. The lowest BCUT2D eigenvalue weighted by Crippen LogP contribution is -2.51. The summed E-state index contributed by atoms with van der Waals surface area (Å²) in [6.45, 7) is 5.64. The third-order valence-corrected chi connectivity index (χ3v) is 8.57. The number of nitrogens with one attached hydrogen (secondary N) is 1. The number of nitrogens with zero attached hydrogens (tertiary/aromatic N) is 2. The fourth-order valence-electron chi connectivity index (χ4n) is 4.02. The molecule has 1 atom stereocenters. The topological polar surface area (TPSA) is 86.8 Å². The zero-order chi connectivity index (χ0) is 28.6. The summed E-state index contributed by atoms with van der Waals surface area (Å²) >= 11 is 12.4. The predicted molar refractivity (Wildman–Crippen MR) is 157 cm³/mol. The molecule has 0 bridgehead atoms. The molecule has 0 aliphatic carbocycles. The van der Waals surface area contributed by atoms with Gasteiger partial charge in [-0.1, -0.05) is 79.0 Å². The molecule has 0 aliphatic rings. The Morgan fingerprint density at radius 3 is 2.18 bits per heavy atom. The second kappa shape index (κ2) is 13.8. The average Bonchev–Trinajstić information content (AvgIpc) is 2.90. The SMILES string of the molecule is CCCCNC(=O)[C@@H](C)N(Cc1ccccc1C)C(=O)CN(c1cc(Cl)cc(Cl)c1)S(=O)(=O)c1ccccc1. The Hall–Kier alpha value is -3.07. The van der Waals surface area contributed by atoms with E-state index in [4.69, 9.17) is 23.2 Å². The predicted octanol–water partition coefficient (Wildman–Crippen LogP) is 5.83. The van der Waals surface area contributed by atoms with Gasteiger partial charge in [0.1, 0.15) is 12.6 Å². The molecule has 208 valence electrons. The van der Waals surface area contributed by atoms with Gasteiger partial charge >= 0.3 is 0 Å². The number of aryl methyl sites for hydroxylation is 1. The van der Waals surface area contributed by atoms with Gasteiger partial charge in [-0.2, -0.15) is 0 Å². The van der Waals surface area contributed by atoms with Crippen molar-refractivity contribution in [2.24, 2.45) is 0 Å². The number of unbranched alkanes of at least 4 members (excludes halogenated alkanes) is 1. The van der Waals surface area contributed by atoms with Crippen LogP contribution in [0.2, 0.25) is 10.0 Å². The van der Waals surface area contributed by atoms with Gasteiger partial charge in [0.15, 0.2) is 0 Å². The highest BCUT2D eigenvalue weighted by atomic mass is 35.5. The molecule has 0 fully saturated rings. The Labute approximate surface area is 240 Å². The van der Waals surface area contributed by atoms with Crippen molar-refractivity contribution in [1.82, 2.24) is 10.2 Å². The van der Waals surface area contributed by atoms with Crippen LogP contribution in [0.15, 0.2) is 77.7 Å². The quantitative estimate of drug-likeness (QED) is 0.269. The Kier molecular flexibility index (Phi) is 10.8. The van der Waals surface area contributed by atoms with Gasteiger partial charge in [0.2, 0.25) is 11.8 Å². The van der Waals surface area contributed by atoms with Crippen LogP contribution in [0, 0.1) is 6.92 Å². The van der Waals surface area contributed by atoms with Crippen molar-refractivity contribution >= 4 is 50.7 Å². The van der Waals surface area contributed by atoms with Crippen molar-refractivity contribution in [3.8, 4) is 0 Å². The van der Waals surface area contributed by atoms with Gasteiger partial charge in [0.05, 0.1) is 10.6 Å². The van der Waals surface area contributed by atoms with Crippen LogP contribution in [0.25, 0.3) is 0 Å². The molecule has 39 heavy (non-hydrogen) atoms. The normalized spacial score (nSPS) is 12.0. The molecule has 3 aromatic carbocycles. The van der Waals surface area contributed by atoms with E-state index in [1.165, 1.54) is 35.2 Å². The molecule has 0 saturated heterocycles. The van der Waals surface area contributed by atoms with Crippen LogP contribution in [-0.4, -0.2) is 44.3 Å². The van der Waals surface area contributed by atoms with E-state index in [-0.39, 0.29) is 33.1 Å². The van der Waals surface area contributed by atoms with Crippen LogP contribution in [0.5, 0.6) is 0 Å². The number of hydrogen-bond acceptors (Lipinski definition) is 4. The molecule has 1 N–H and O–H groups in total. The van der Waals surface area contributed by atoms with Gasteiger partial charge < -0.3 is 10.2 Å². The van der Waals surface area contributed by atoms with Crippen LogP contribution in [0.4, 0.5) is 5.69 Å². The molecule has 3 aromatic rings. The van der Waals surface area contributed by atoms with Gasteiger partial charge in [-0.05, 0) is 61.7 Å². The highest BCUT2D eigenvalue weighted by Gasteiger charge is 2.32. The maximum Gasteiger partial charge on any atom is 0.264 e. The van der Waals surface area contributed by atoms with Crippen LogP contribution >= 0.6 is 23.2 Å². The Morgan fingerprint density at radius 1 is 0.949 bits per heavy atom. The molecule has 0 aromatic heterocycles. The summed E-state index contributed by atoms with van der Waals surface area (Å²) in [7, 11) is -4.19. The van der Waals surface area contributed by atoms with Crippen LogP contribution in [-0.2, 0) is 26.2 Å². The monoisotopic (exact) mass is 589 g/mol. The minimum absolute atomic E-state index is 0.00436. The number of carbonyl (C=O) groups excluding carboxylic acids is 2. The first-order valence-electron chi connectivity index (χ1n) is 12.7. The van der Waals surface area contributed by atoms with Crippen LogP contribution in [0.1, 0.15) is 37.8 Å². The molecule has 0 saturated carbocycles. The summed E-state index contributed by atoms with van der Waals surface area (Å²) in [5.74, 6) is -0.861. The van der Waals surface area contributed by atoms with Gasteiger partial charge in [-0.15, -0.1) is 0 Å². The van der Waals surface area contributed by atoms with E-state index in [2.05, 4.69) is 5.32 Å². The number of amides is 2. The number of carbonyl (C=O) groups is 2. The molecule has 0 radical (unpaired) electrons. The molecular weight excluding hydrogens is 557 g/mol. The van der Waals surface area contributed by atoms with Crippen LogP contribution < -0.4 is 9.62 Å². The summed E-state index contributed by atoms with van der Waals surface area (Å²) < 4.78 is 28.6. The van der Waals surface area contributed by atoms with Gasteiger partial charge in [0.25, 0.3) is 10.0 Å². The van der Waals surface area contributed by atoms with E-state index in [0.717, 1.165) is 28.3 Å². The maximum absolute atomic E-state index is 13.9. The first-order valence-corrected chi connectivity index (χ1v) is 14.9. The van der Waals surface area contributed by atoms with Gasteiger partial charge in [0, 0.05) is 23.1 Å². The number of benzene rings is 3. The van der Waals surface area contributed by atoms with E-state index < -0.39 is 28.5 Å². The van der Waals surface area contributed by atoms with Crippen molar-refractivity contribution in [3.05, 3.63) is 94.0 Å².